The van der Waals surface area contributed by atoms with Crippen LogP contribution in [0.3, 0.4) is 0 Å². The van der Waals surface area contributed by atoms with Gasteiger partial charge in [-0.15, -0.1) is 0 Å². The molecule has 0 bridgehead atoms. The highest BCUT2D eigenvalue weighted by Gasteiger charge is 2.45. The Morgan fingerprint density at radius 2 is 2.11 bits per heavy atom. The Bertz CT molecular complexity index is 461. The van der Waals surface area contributed by atoms with Crippen molar-refractivity contribution in [2.75, 3.05) is 19.6 Å². The van der Waals surface area contributed by atoms with Crippen LogP contribution >= 0.6 is 0 Å². The summed E-state index contributed by atoms with van der Waals surface area (Å²) in [7, 11) is 0. The molecule has 3 heteroatoms. The Kier molecular flexibility index (Phi) is 2.86. The Morgan fingerprint density at radius 3 is 2.67 bits per heavy atom. The predicted molar refractivity (Wildman–Crippen MR) is 71.5 cm³/mol. The molecular formula is C15H20N2O. The Hall–Kier alpha value is -1.35. The van der Waals surface area contributed by atoms with Gasteiger partial charge in [-0.25, -0.2) is 0 Å². The highest BCUT2D eigenvalue weighted by atomic mass is 16.2. The molecule has 1 heterocycles. The fourth-order valence-corrected chi connectivity index (χ4v) is 2.73. The molecule has 2 fully saturated rings. The molecule has 0 atom stereocenters. The number of hydrogen-bond donors (Lipinski definition) is 2. The zero-order chi connectivity index (χ0) is 12.6. The van der Waals surface area contributed by atoms with E-state index in [1.165, 1.54) is 24.0 Å². The van der Waals surface area contributed by atoms with E-state index >= 15 is 0 Å². The van der Waals surface area contributed by atoms with Crippen LogP contribution in [0.5, 0.6) is 0 Å². The molecule has 96 valence electrons. The Morgan fingerprint density at radius 1 is 1.39 bits per heavy atom. The summed E-state index contributed by atoms with van der Waals surface area (Å²) in [6.07, 6.45) is 2.39. The number of nitrogens with one attached hydrogen (secondary N) is 2. The van der Waals surface area contributed by atoms with Gasteiger partial charge < -0.3 is 10.6 Å². The minimum absolute atomic E-state index is 0.192. The molecular weight excluding hydrogens is 224 g/mol. The minimum Gasteiger partial charge on any atom is -0.355 e. The van der Waals surface area contributed by atoms with Crippen molar-refractivity contribution in [2.45, 2.75) is 25.2 Å². The van der Waals surface area contributed by atoms with Gasteiger partial charge in [0.2, 0.25) is 5.91 Å². The highest BCUT2D eigenvalue weighted by molar-refractivity contribution is 5.80. The van der Waals surface area contributed by atoms with E-state index < -0.39 is 0 Å². The standard InChI is InChI=1S/C15H20N2O/c1-11-4-2-3-5-13(11)15(6-7-15)10-17-14(18)12-8-16-9-12/h2-5,12,16H,6-10H2,1H3,(H,17,18). The van der Waals surface area contributed by atoms with Crippen molar-refractivity contribution in [3.63, 3.8) is 0 Å². The van der Waals surface area contributed by atoms with E-state index in [1.807, 2.05) is 0 Å². The Labute approximate surface area is 108 Å². The van der Waals surface area contributed by atoms with Crippen molar-refractivity contribution < 1.29 is 4.79 Å². The molecule has 1 aromatic rings. The zero-order valence-corrected chi connectivity index (χ0v) is 10.8. The summed E-state index contributed by atoms with van der Waals surface area (Å²) in [5, 5.41) is 6.27. The van der Waals surface area contributed by atoms with Gasteiger partial charge in [0.1, 0.15) is 0 Å². The fourth-order valence-electron chi connectivity index (χ4n) is 2.73. The number of amides is 1. The second-order valence-electron chi connectivity index (χ2n) is 5.67. The predicted octanol–water partition coefficient (Wildman–Crippen LogP) is 1.36. The van der Waals surface area contributed by atoms with Crippen LogP contribution in [0, 0.1) is 12.8 Å². The average molecular weight is 244 g/mol. The molecule has 1 aliphatic carbocycles. The molecule has 2 N–H and O–H groups in total. The molecule has 1 amide bonds. The van der Waals surface area contributed by atoms with E-state index in [0.29, 0.717) is 0 Å². The van der Waals surface area contributed by atoms with Crippen LogP contribution in [0.4, 0.5) is 0 Å². The summed E-state index contributed by atoms with van der Waals surface area (Å²) in [6, 6.07) is 8.54. The summed E-state index contributed by atoms with van der Waals surface area (Å²) < 4.78 is 0. The molecule has 18 heavy (non-hydrogen) atoms. The van der Waals surface area contributed by atoms with E-state index in [4.69, 9.17) is 0 Å². The summed E-state index contributed by atoms with van der Waals surface area (Å²) in [4.78, 5) is 11.9. The maximum atomic E-state index is 11.9. The molecule has 2 aliphatic rings. The minimum atomic E-state index is 0.192. The zero-order valence-electron chi connectivity index (χ0n) is 10.8. The Balaban J connectivity index is 1.65. The second-order valence-corrected chi connectivity index (χ2v) is 5.67. The normalized spacial score (nSPS) is 21.2. The van der Waals surface area contributed by atoms with Crippen LogP contribution in [0.15, 0.2) is 24.3 Å². The number of carbonyl (C=O) groups excluding carboxylic acids is 1. The second kappa shape index (κ2) is 4.39. The van der Waals surface area contributed by atoms with Crippen molar-refractivity contribution in [2.24, 2.45) is 5.92 Å². The molecule has 1 aromatic carbocycles. The first-order valence-corrected chi connectivity index (χ1v) is 6.76. The van der Waals surface area contributed by atoms with Crippen LogP contribution in [0.25, 0.3) is 0 Å². The molecule has 0 aromatic heterocycles. The van der Waals surface area contributed by atoms with E-state index in [9.17, 15) is 4.79 Å². The van der Waals surface area contributed by atoms with Crippen LogP contribution in [0.1, 0.15) is 24.0 Å². The number of aryl methyl sites for hydroxylation is 1. The lowest BCUT2D eigenvalue weighted by Crippen LogP contribution is -2.51. The molecule has 3 rings (SSSR count). The summed E-state index contributed by atoms with van der Waals surface area (Å²) in [5.41, 5.74) is 2.98. The lowest BCUT2D eigenvalue weighted by atomic mass is 9.91. The van der Waals surface area contributed by atoms with E-state index in [2.05, 4.69) is 41.8 Å². The molecule has 0 unspecified atom stereocenters. The molecule has 0 spiro atoms. The summed E-state index contributed by atoms with van der Waals surface area (Å²) >= 11 is 0. The summed E-state index contributed by atoms with van der Waals surface area (Å²) in [6.45, 7) is 4.63. The van der Waals surface area contributed by atoms with Gasteiger partial charge in [0.05, 0.1) is 5.92 Å². The van der Waals surface area contributed by atoms with Gasteiger partial charge in [-0.2, -0.15) is 0 Å². The van der Waals surface area contributed by atoms with Gasteiger partial charge in [0.15, 0.2) is 0 Å². The maximum Gasteiger partial charge on any atom is 0.225 e. The molecule has 1 saturated carbocycles. The maximum absolute atomic E-state index is 11.9. The number of carbonyl (C=O) groups is 1. The van der Waals surface area contributed by atoms with E-state index in [-0.39, 0.29) is 17.2 Å². The topological polar surface area (TPSA) is 41.1 Å². The average Bonchev–Trinajstić information content (AvgIpc) is 3.06. The smallest absolute Gasteiger partial charge is 0.225 e. The van der Waals surface area contributed by atoms with Gasteiger partial charge in [0, 0.05) is 25.0 Å². The van der Waals surface area contributed by atoms with E-state index in [1.54, 1.807) is 0 Å². The third-order valence-electron chi connectivity index (χ3n) is 4.32. The number of hydrogen-bond acceptors (Lipinski definition) is 2. The fraction of sp³-hybridized carbons (Fsp3) is 0.533. The molecule has 0 radical (unpaired) electrons. The molecule has 1 saturated heterocycles. The first-order chi connectivity index (χ1) is 8.71. The van der Waals surface area contributed by atoms with Crippen LogP contribution in [-0.4, -0.2) is 25.5 Å². The first-order valence-electron chi connectivity index (χ1n) is 6.76. The quantitative estimate of drug-likeness (QED) is 0.839. The van der Waals surface area contributed by atoms with Crippen LogP contribution in [-0.2, 0) is 10.2 Å². The third-order valence-corrected chi connectivity index (χ3v) is 4.32. The molecule has 3 nitrogen and oxygen atoms in total. The number of benzene rings is 1. The SMILES string of the molecule is Cc1ccccc1C1(CNC(=O)C2CNC2)CC1. The largest absolute Gasteiger partial charge is 0.355 e. The third kappa shape index (κ3) is 2.03. The van der Waals surface area contributed by atoms with Gasteiger partial charge in [-0.3, -0.25) is 4.79 Å². The lowest BCUT2D eigenvalue weighted by Gasteiger charge is -2.27. The van der Waals surface area contributed by atoms with Gasteiger partial charge >= 0.3 is 0 Å². The van der Waals surface area contributed by atoms with E-state index in [0.717, 1.165) is 19.6 Å². The lowest BCUT2D eigenvalue weighted by molar-refractivity contribution is -0.126. The first kappa shape index (κ1) is 11.7. The van der Waals surface area contributed by atoms with Crippen LogP contribution in [0.2, 0.25) is 0 Å². The van der Waals surface area contributed by atoms with Crippen molar-refractivity contribution in [3.8, 4) is 0 Å². The van der Waals surface area contributed by atoms with Crippen molar-refractivity contribution in [3.05, 3.63) is 35.4 Å². The summed E-state index contributed by atoms with van der Waals surface area (Å²) in [5.74, 6) is 0.409. The number of rotatable bonds is 4. The molecule has 1 aliphatic heterocycles. The van der Waals surface area contributed by atoms with Gasteiger partial charge in [-0.05, 0) is 30.9 Å². The monoisotopic (exact) mass is 244 g/mol. The van der Waals surface area contributed by atoms with Crippen molar-refractivity contribution in [1.29, 1.82) is 0 Å². The van der Waals surface area contributed by atoms with Crippen molar-refractivity contribution in [1.82, 2.24) is 10.6 Å². The van der Waals surface area contributed by atoms with Crippen LogP contribution < -0.4 is 10.6 Å². The highest BCUT2D eigenvalue weighted by Crippen LogP contribution is 2.48. The van der Waals surface area contributed by atoms with Gasteiger partial charge in [-0.1, -0.05) is 24.3 Å². The van der Waals surface area contributed by atoms with Crippen molar-refractivity contribution >= 4 is 5.91 Å². The van der Waals surface area contributed by atoms with Gasteiger partial charge in [0.25, 0.3) is 0 Å².